The molecule has 150 valence electrons. The van der Waals surface area contributed by atoms with Crippen LogP contribution < -0.4 is 5.32 Å². The molecule has 1 amide bonds. The number of hydrogen-bond donors (Lipinski definition) is 1. The third-order valence-corrected chi connectivity index (χ3v) is 6.28. The van der Waals surface area contributed by atoms with Crippen molar-refractivity contribution in [2.75, 3.05) is 5.32 Å². The standard InChI is InChI=1S/C23H23ClFN3O/c1-15-16(2)28(14-26-15)13-17-6-3-7-18(12-17)27-22(29)23(10-5-11-23)19-8-4-9-20(24)21(19)25/h3-4,6-9,12,14H,5,10-11,13H2,1-2H3,(H,27,29). The average Bonchev–Trinajstić information content (AvgIpc) is 2.97. The number of hydrogen-bond acceptors (Lipinski definition) is 2. The van der Waals surface area contributed by atoms with E-state index in [1.54, 1.807) is 12.1 Å². The topological polar surface area (TPSA) is 46.9 Å². The Morgan fingerprint density at radius 1 is 1.24 bits per heavy atom. The van der Waals surface area contributed by atoms with Crippen LogP contribution in [0.15, 0.2) is 48.8 Å². The van der Waals surface area contributed by atoms with Crippen molar-refractivity contribution >= 4 is 23.2 Å². The first-order chi connectivity index (χ1) is 13.9. The quantitative estimate of drug-likeness (QED) is 0.610. The third kappa shape index (κ3) is 3.55. The second-order valence-electron chi connectivity index (χ2n) is 7.73. The number of rotatable bonds is 5. The molecular weight excluding hydrogens is 389 g/mol. The number of benzene rings is 2. The van der Waals surface area contributed by atoms with Crippen LogP contribution in [0.4, 0.5) is 10.1 Å². The zero-order valence-corrected chi connectivity index (χ0v) is 17.3. The number of imidazole rings is 1. The summed E-state index contributed by atoms with van der Waals surface area (Å²) in [6.07, 6.45) is 3.94. The smallest absolute Gasteiger partial charge is 0.235 e. The fraction of sp³-hybridized carbons (Fsp3) is 0.304. The maximum absolute atomic E-state index is 14.6. The van der Waals surface area contributed by atoms with Gasteiger partial charge in [0.05, 0.1) is 22.5 Å². The molecule has 3 aromatic rings. The van der Waals surface area contributed by atoms with Crippen molar-refractivity contribution < 1.29 is 9.18 Å². The lowest BCUT2D eigenvalue weighted by molar-refractivity contribution is -0.124. The molecule has 0 saturated heterocycles. The highest BCUT2D eigenvalue weighted by molar-refractivity contribution is 6.30. The number of anilines is 1. The summed E-state index contributed by atoms with van der Waals surface area (Å²) >= 11 is 5.96. The van der Waals surface area contributed by atoms with Gasteiger partial charge >= 0.3 is 0 Å². The van der Waals surface area contributed by atoms with E-state index in [0.29, 0.717) is 30.6 Å². The maximum atomic E-state index is 14.6. The van der Waals surface area contributed by atoms with E-state index < -0.39 is 11.2 Å². The van der Waals surface area contributed by atoms with Gasteiger partial charge in [-0.3, -0.25) is 4.79 Å². The maximum Gasteiger partial charge on any atom is 0.235 e. The zero-order valence-electron chi connectivity index (χ0n) is 16.5. The van der Waals surface area contributed by atoms with Gasteiger partial charge in [-0.1, -0.05) is 42.3 Å². The summed E-state index contributed by atoms with van der Waals surface area (Å²) in [5.74, 6) is -0.680. The number of nitrogens with zero attached hydrogens (tertiary/aromatic N) is 2. The summed E-state index contributed by atoms with van der Waals surface area (Å²) in [5, 5.41) is 3.05. The number of nitrogens with one attached hydrogen (secondary N) is 1. The highest BCUT2D eigenvalue weighted by Gasteiger charge is 2.47. The first-order valence-electron chi connectivity index (χ1n) is 9.74. The summed E-state index contributed by atoms with van der Waals surface area (Å²) in [6, 6.07) is 12.6. The SMILES string of the molecule is Cc1ncn(Cc2cccc(NC(=O)C3(c4cccc(Cl)c4F)CCC3)c2)c1C. The molecule has 1 N–H and O–H groups in total. The number of halogens is 2. The molecule has 0 aliphatic heterocycles. The molecule has 0 unspecified atom stereocenters. The van der Waals surface area contributed by atoms with Crippen molar-refractivity contribution in [2.24, 2.45) is 0 Å². The molecule has 0 atom stereocenters. The Kier molecular flexibility index (Phi) is 5.17. The fourth-order valence-corrected chi connectivity index (χ4v) is 4.10. The normalized spacial score (nSPS) is 15.0. The number of aromatic nitrogens is 2. The van der Waals surface area contributed by atoms with E-state index >= 15 is 0 Å². The van der Waals surface area contributed by atoms with Gasteiger partial charge in [0.25, 0.3) is 0 Å². The molecule has 0 bridgehead atoms. The van der Waals surface area contributed by atoms with Crippen LogP contribution in [0.25, 0.3) is 0 Å². The van der Waals surface area contributed by atoms with Gasteiger partial charge in [0, 0.05) is 23.5 Å². The summed E-state index contributed by atoms with van der Waals surface area (Å²) in [6.45, 7) is 4.69. The van der Waals surface area contributed by atoms with E-state index in [1.807, 2.05) is 44.4 Å². The van der Waals surface area contributed by atoms with Gasteiger partial charge in [-0.25, -0.2) is 9.37 Å². The second-order valence-corrected chi connectivity index (χ2v) is 8.14. The van der Waals surface area contributed by atoms with Gasteiger partial charge in [-0.15, -0.1) is 0 Å². The molecule has 4 nitrogen and oxygen atoms in total. The van der Waals surface area contributed by atoms with Crippen molar-refractivity contribution in [2.45, 2.75) is 45.1 Å². The minimum absolute atomic E-state index is 0.0505. The summed E-state index contributed by atoms with van der Waals surface area (Å²) in [4.78, 5) is 17.5. The van der Waals surface area contributed by atoms with Crippen molar-refractivity contribution in [3.8, 4) is 0 Å². The van der Waals surface area contributed by atoms with E-state index in [0.717, 1.165) is 23.4 Å². The minimum Gasteiger partial charge on any atom is -0.330 e. The van der Waals surface area contributed by atoms with Crippen LogP contribution in [0.3, 0.4) is 0 Å². The largest absolute Gasteiger partial charge is 0.330 e. The summed E-state index contributed by atoms with van der Waals surface area (Å²) < 4.78 is 16.7. The van der Waals surface area contributed by atoms with Gasteiger partial charge in [-0.05, 0) is 50.5 Å². The number of carbonyl (C=O) groups excluding carboxylic acids is 1. The average molecular weight is 412 g/mol. The van der Waals surface area contributed by atoms with E-state index in [1.165, 1.54) is 6.07 Å². The molecule has 2 aromatic carbocycles. The fourth-order valence-electron chi connectivity index (χ4n) is 3.92. The van der Waals surface area contributed by atoms with Crippen molar-refractivity contribution in [3.05, 3.63) is 82.1 Å². The van der Waals surface area contributed by atoms with Gasteiger partial charge in [0.1, 0.15) is 5.82 Å². The lowest BCUT2D eigenvalue weighted by Gasteiger charge is -2.41. The second kappa shape index (κ2) is 7.64. The molecule has 1 saturated carbocycles. The third-order valence-electron chi connectivity index (χ3n) is 5.99. The highest BCUT2D eigenvalue weighted by atomic mass is 35.5. The Morgan fingerprint density at radius 2 is 2.00 bits per heavy atom. The van der Waals surface area contributed by atoms with E-state index in [4.69, 9.17) is 11.6 Å². The van der Waals surface area contributed by atoms with Gasteiger partial charge in [-0.2, -0.15) is 0 Å². The molecule has 6 heteroatoms. The minimum atomic E-state index is -0.858. The van der Waals surface area contributed by atoms with Crippen LogP contribution in [0.5, 0.6) is 0 Å². The summed E-state index contributed by atoms with van der Waals surface area (Å²) in [5.41, 5.74) is 3.41. The number of carbonyl (C=O) groups is 1. The molecule has 1 fully saturated rings. The van der Waals surface area contributed by atoms with Gasteiger partial charge < -0.3 is 9.88 Å². The Morgan fingerprint density at radius 3 is 2.66 bits per heavy atom. The molecule has 1 aliphatic carbocycles. The molecule has 0 radical (unpaired) electrons. The van der Waals surface area contributed by atoms with Crippen LogP contribution in [0.2, 0.25) is 5.02 Å². The lowest BCUT2D eigenvalue weighted by Crippen LogP contribution is -2.46. The van der Waals surface area contributed by atoms with Crippen LogP contribution in [0.1, 0.15) is 41.8 Å². The van der Waals surface area contributed by atoms with Crippen LogP contribution in [0, 0.1) is 19.7 Å². The van der Waals surface area contributed by atoms with Crippen molar-refractivity contribution in [3.63, 3.8) is 0 Å². The van der Waals surface area contributed by atoms with E-state index in [9.17, 15) is 9.18 Å². The number of aryl methyl sites for hydroxylation is 1. The predicted molar refractivity (Wildman–Crippen MR) is 113 cm³/mol. The first kappa shape index (κ1) is 19.6. The van der Waals surface area contributed by atoms with Crippen molar-refractivity contribution in [1.29, 1.82) is 0 Å². The van der Waals surface area contributed by atoms with Gasteiger partial charge in [0.15, 0.2) is 0 Å². The highest BCUT2D eigenvalue weighted by Crippen LogP contribution is 2.46. The Hall–Kier alpha value is -2.66. The zero-order chi connectivity index (χ0) is 20.6. The molecule has 4 rings (SSSR count). The molecule has 1 heterocycles. The lowest BCUT2D eigenvalue weighted by atomic mass is 9.63. The van der Waals surface area contributed by atoms with Crippen LogP contribution in [-0.2, 0) is 16.8 Å². The Balaban J connectivity index is 1.56. The summed E-state index contributed by atoms with van der Waals surface area (Å²) in [7, 11) is 0. The molecule has 29 heavy (non-hydrogen) atoms. The van der Waals surface area contributed by atoms with Crippen molar-refractivity contribution in [1.82, 2.24) is 9.55 Å². The molecule has 1 aromatic heterocycles. The molecular formula is C23H23ClFN3O. The Bertz CT molecular complexity index is 1070. The Labute approximate surface area is 174 Å². The van der Waals surface area contributed by atoms with E-state index in [-0.39, 0.29) is 10.9 Å². The first-order valence-corrected chi connectivity index (χ1v) is 10.1. The number of amides is 1. The van der Waals surface area contributed by atoms with Gasteiger partial charge in [0.2, 0.25) is 5.91 Å². The van der Waals surface area contributed by atoms with E-state index in [2.05, 4.69) is 14.9 Å². The molecule has 1 aliphatic rings. The van der Waals surface area contributed by atoms with Crippen LogP contribution >= 0.6 is 11.6 Å². The monoisotopic (exact) mass is 411 g/mol. The molecule has 0 spiro atoms. The predicted octanol–water partition coefficient (Wildman–Crippen LogP) is 5.40. The van der Waals surface area contributed by atoms with Crippen LogP contribution in [-0.4, -0.2) is 15.5 Å².